The van der Waals surface area contributed by atoms with Crippen molar-refractivity contribution in [1.82, 2.24) is 0 Å². The van der Waals surface area contributed by atoms with Crippen LogP contribution in [0.5, 0.6) is 5.75 Å². The largest absolute Gasteiger partial charge is 0.494 e. The molecular formula is C12H19ClN2O2. The van der Waals surface area contributed by atoms with Gasteiger partial charge in [0, 0.05) is 18.2 Å². The Hall–Kier alpha value is -1.26. The number of halogens is 1. The van der Waals surface area contributed by atoms with Gasteiger partial charge in [-0.2, -0.15) is 0 Å². The number of carbonyl (C=O) groups is 1. The van der Waals surface area contributed by atoms with Gasteiger partial charge in [0.05, 0.1) is 6.61 Å². The molecule has 0 aliphatic carbocycles. The van der Waals surface area contributed by atoms with Gasteiger partial charge in [0.15, 0.2) is 0 Å². The van der Waals surface area contributed by atoms with Crippen molar-refractivity contribution < 1.29 is 9.53 Å². The molecule has 1 atom stereocenters. The molecule has 3 N–H and O–H groups in total. The summed E-state index contributed by atoms with van der Waals surface area (Å²) in [6.45, 7) is 4.71. The van der Waals surface area contributed by atoms with Crippen LogP contribution in [0.4, 0.5) is 5.69 Å². The van der Waals surface area contributed by atoms with Crippen molar-refractivity contribution >= 4 is 24.0 Å². The second-order valence-electron chi connectivity index (χ2n) is 3.58. The van der Waals surface area contributed by atoms with Crippen LogP contribution < -0.4 is 15.8 Å². The van der Waals surface area contributed by atoms with E-state index in [0.29, 0.717) is 13.2 Å². The average molecular weight is 259 g/mol. The molecule has 0 aliphatic rings. The monoisotopic (exact) mass is 258 g/mol. The number of carbonyl (C=O) groups excluding carboxylic acids is 1. The van der Waals surface area contributed by atoms with Crippen LogP contribution in [0.1, 0.15) is 13.8 Å². The summed E-state index contributed by atoms with van der Waals surface area (Å²) in [7, 11) is 0. The van der Waals surface area contributed by atoms with Gasteiger partial charge in [-0.1, -0.05) is 6.92 Å². The van der Waals surface area contributed by atoms with Crippen molar-refractivity contribution in [2.75, 3.05) is 18.5 Å². The Balaban J connectivity index is 0.00000256. The standard InChI is InChI=1S/C12H18N2O2.ClH/c1-3-16-11-6-4-10(5-7-11)14-12(15)9(2)8-13;/h4-7,9H,3,8,13H2,1-2H3,(H,14,15);1H. The second-order valence-corrected chi connectivity index (χ2v) is 3.58. The molecule has 1 unspecified atom stereocenters. The molecule has 0 aromatic heterocycles. The Morgan fingerprint density at radius 3 is 2.47 bits per heavy atom. The first-order valence-electron chi connectivity index (χ1n) is 5.41. The van der Waals surface area contributed by atoms with E-state index < -0.39 is 0 Å². The van der Waals surface area contributed by atoms with Gasteiger partial charge in [-0.05, 0) is 31.2 Å². The Kier molecular flexibility index (Phi) is 7.34. The van der Waals surface area contributed by atoms with Crippen LogP contribution in [-0.4, -0.2) is 19.1 Å². The lowest BCUT2D eigenvalue weighted by Gasteiger charge is -2.10. The average Bonchev–Trinajstić information content (AvgIpc) is 2.31. The van der Waals surface area contributed by atoms with Gasteiger partial charge in [0.2, 0.25) is 5.91 Å². The Labute approximate surface area is 108 Å². The van der Waals surface area contributed by atoms with Crippen molar-refractivity contribution in [1.29, 1.82) is 0 Å². The van der Waals surface area contributed by atoms with Crippen LogP contribution in [0.15, 0.2) is 24.3 Å². The van der Waals surface area contributed by atoms with Gasteiger partial charge in [0.1, 0.15) is 5.75 Å². The summed E-state index contributed by atoms with van der Waals surface area (Å²) in [6, 6.07) is 7.27. The van der Waals surface area contributed by atoms with Gasteiger partial charge in [-0.15, -0.1) is 12.4 Å². The zero-order valence-electron chi connectivity index (χ0n) is 10.1. The lowest BCUT2D eigenvalue weighted by atomic mass is 10.1. The number of rotatable bonds is 5. The maximum absolute atomic E-state index is 11.5. The number of nitrogens with two attached hydrogens (primary N) is 1. The number of amides is 1. The van der Waals surface area contributed by atoms with Crippen LogP contribution in [0.2, 0.25) is 0 Å². The zero-order valence-corrected chi connectivity index (χ0v) is 10.9. The van der Waals surface area contributed by atoms with Crippen molar-refractivity contribution in [2.45, 2.75) is 13.8 Å². The summed E-state index contributed by atoms with van der Waals surface area (Å²) in [6.07, 6.45) is 0. The molecule has 96 valence electrons. The van der Waals surface area contributed by atoms with Gasteiger partial charge in [0.25, 0.3) is 0 Å². The molecule has 0 aliphatic heterocycles. The van der Waals surface area contributed by atoms with Crippen LogP contribution in [0.25, 0.3) is 0 Å². The van der Waals surface area contributed by atoms with Crippen molar-refractivity contribution in [2.24, 2.45) is 11.7 Å². The minimum Gasteiger partial charge on any atom is -0.494 e. The van der Waals surface area contributed by atoms with Crippen molar-refractivity contribution in [3.8, 4) is 5.75 Å². The lowest BCUT2D eigenvalue weighted by molar-refractivity contribution is -0.119. The van der Waals surface area contributed by atoms with Gasteiger partial charge in [-0.25, -0.2) is 0 Å². The molecule has 5 heteroatoms. The lowest BCUT2D eigenvalue weighted by Crippen LogP contribution is -2.26. The first kappa shape index (κ1) is 15.7. The summed E-state index contributed by atoms with van der Waals surface area (Å²) in [5.41, 5.74) is 6.17. The summed E-state index contributed by atoms with van der Waals surface area (Å²) < 4.78 is 5.30. The van der Waals surface area contributed by atoms with Crippen LogP contribution in [0.3, 0.4) is 0 Å². The first-order chi connectivity index (χ1) is 7.67. The fraction of sp³-hybridized carbons (Fsp3) is 0.417. The Morgan fingerprint density at radius 2 is 2.00 bits per heavy atom. The number of hydrogen-bond acceptors (Lipinski definition) is 3. The van der Waals surface area contributed by atoms with Gasteiger partial charge >= 0.3 is 0 Å². The topological polar surface area (TPSA) is 64.3 Å². The molecular weight excluding hydrogens is 240 g/mol. The molecule has 0 spiro atoms. The van der Waals surface area contributed by atoms with Crippen LogP contribution >= 0.6 is 12.4 Å². The van der Waals surface area contributed by atoms with E-state index in [-0.39, 0.29) is 24.2 Å². The minimum atomic E-state index is -0.174. The molecule has 0 saturated heterocycles. The van der Waals surface area contributed by atoms with E-state index >= 15 is 0 Å². The van der Waals surface area contributed by atoms with Crippen LogP contribution in [-0.2, 0) is 4.79 Å². The Bertz CT molecular complexity index is 341. The molecule has 17 heavy (non-hydrogen) atoms. The highest BCUT2D eigenvalue weighted by molar-refractivity contribution is 5.92. The quantitative estimate of drug-likeness (QED) is 0.850. The molecule has 0 saturated carbocycles. The van der Waals surface area contributed by atoms with Gasteiger partial charge < -0.3 is 15.8 Å². The zero-order chi connectivity index (χ0) is 12.0. The molecule has 1 aromatic rings. The minimum absolute atomic E-state index is 0. The summed E-state index contributed by atoms with van der Waals surface area (Å²) >= 11 is 0. The van der Waals surface area contributed by atoms with Crippen molar-refractivity contribution in [3.63, 3.8) is 0 Å². The smallest absolute Gasteiger partial charge is 0.228 e. The maximum Gasteiger partial charge on any atom is 0.228 e. The van der Waals surface area contributed by atoms with E-state index in [2.05, 4.69) is 5.32 Å². The van der Waals surface area contributed by atoms with Gasteiger partial charge in [-0.3, -0.25) is 4.79 Å². The molecule has 0 bridgehead atoms. The predicted octanol–water partition coefficient (Wildman–Crippen LogP) is 2.04. The summed E-state index contributed by atoms with van der Waals surface area (Å²) in [5, 5.41) is 2.79. The predicted molar refractivity (Wildman–Crippen MR) is 71.7 cm³/mol. The number of benzene rings is 1. The fourth-order valence-corrected chi connectivity index (χ4v) is 1.17. The molecule has 1 rings (SSSR count). The van der Waals surface area contributed by atoms with E-state index in [1.54, 1.807) is 6.92 Å². The molecule has 1 amide bonds. The Morgan fingerprint density at radius 1 is 1.41 bits per heavy atom. The molecule has 0 radical (unpaired) electrons. The van der Waals surface area contributed by atoms with E-state index in [1.165, 1.54) is 0 Å². The first-order valence-corrected chi connectivity index (χ1v) is 5.41. The fourth-order valence-electron chi connectivity index (χ4n) is 1.17. The number of hydrogen-bond donors (Lipinski definition) is 2. The summed E-state index contributed by atoms with van der Waals surface area (Å²) in [4.78, 5) is 11.5. The van der Waals surface area contributed by atoms with E-state index in [9.17, 15) is 4.79 Å². The van der Waals surface area contributed by atoms with E-state index in [1.807, 2.05) is 31.2 Å². The normalized spacial score (nSPS) is 11.2. The number of ether oxygens (including phenoxy) is 1. The molecule has 0 heterocycles. The van der Waals surface area contributed by atoms with E-state index in [0.717, 1.165) is 11.4 Å². The molecule has 1 aromatic carbocycles. The number of anilines is 1. The third-order valence-corrected chi connectivity index (χ3v) is 2.23. The highest BCUT2D eigenvalue weighted by atomic mass is 35.5. The number of nitrogens with one attached hydrogen (secondary N) is 1. The maximum atomic E-state index is 11.5. The highest BCUT2D eigenvalue weighted by Gasteiger charge is 2.10. The molecule has 0 fully saturated rings. The highest BCUT2D eigenvalue weighted by Crippen LogP contribution is 2.16. The second kappa shape index (κ2) is 7.92. The van der Waals surface area contributed by atoms with E-state index in [4.69, 9.17) is 10.5 Å². The molecule has 4 nitrogen and oxygen atoms in total. The third kappa shape index (κ3) is 5.06. The SMILES string of the molecule is CCOc1ccc(NC(=O)C(C)CN)cc1.Cl. The van der Waals surface area contributed by atoms with Crippen LogP contribution in [0, 0.1) is 5.92 Å². The summed E-state index contributed by atoms with van der Waals surface area (Å²) in [5.74, 6) is 0.561. The third-order valence-electron chi connectivity index (χ3n) is 2.23. The van der Waals surface area contributed by atoms with Crippen molar-refractivity contribution in [3.05, 3.63) is 24.3 Å².